The van der Waals surface area contributed by atoms with Gasteiger partial charge in [0, 0.05) is 5.92 Å². The molecule has 0 aromatic rings. The van der Waals surface area contributed by atoms with E-state index in [1.165, 1.54) is 0 Å². The molecule has 19 heavy (non-hydrogen) atoms. The number of aldehydes is 1. The van der Waals surface area contributed by atoms with Crippen LogP contribution in [0, 0.1) is 11.8 Å². The van der Waals surface area contributed by atoms with E-state index in [1.54, 1.807) is 0 Å². The van der Waals surface area contributed by atoms with E-state index in [2.05, 4.69) is 12.2 Å². The number of hydrogen-bond donors (Lipinski definition) is 2. The minimum atomic E-state index is -1.09. The molecule has 110 valence electrons. The van der Waals surface area contributed by atoms with Gasteiger partial charge in [0.15, 0.2) is 0 Å². The Morgan fingerprint density at radius 3 is 2.37 bits per heavy atom. The fourth-order valence-electron chi connectivity index (χ4n) is 1.99. The minimum Gasteiger partial charge on any atom is -0.481 e. The van der Waals surface area contributed by atoms with Gasteiger partial charge < -0.3 is 15.2 Å². The molecule has 0 aromatic heterocycles. The Labute approximate surface area is 114 Å². The Balaban J connectivity index is 4.59. The number of hydrogen-bond acceptors (Lipinski definition) is 3. The van der Waals surface area contributed by atoms with Crippen LogP contribution in [0.4, 0.5) is 0 Å². The monoisotopic (exact) mass is 271 g/mol. The molecule has 0 saturated carbocycles. The second kappa shape index (κ2) is 9.53. The standard InChI is InChI=1S/C14H25NO4/c1-4-6-7-12(10(3)5-2)14(19)15-11(9-16)8-13(17)18/h9-12H,4-8H2,1-3H3,(H,15,19)(H,17,18)/t10?,11?,12-/m1/s1. The fraction of sp³-hybridized carbons (Fsp3) is 0.786. The largest absolute Gasteiger partial charge is 0.481 e. The number of nitrogens with one attached hydrogen (secondary N) is 1. The summed E-state index contributed by atoms with van der Waals surface area (Å²) in [6.45, 7) is 6.09. The van der Waals surface area contributed by atoms with Crippen molar-refractivity contribution >= 4 is 18.2 Å². The first-order valence-corrected chi connectivity index (χ1v) is 6.93. The van der Waals surface area contributed by atoms with Crippen molar-refractivity contribution in [2.24, 2.45) is 11.8 Å². The third-order valence-corrected chi connectivity index (χ3v) is 3.42. The zero-order valence-electron chi connectivity index (χ0n) is 12.0. The van der Waals surface area contributed by atoms with Gasteiger partial charge in [0.1, 0.15) is 6.29 Å². The topological polar surface area (TPSA) is 83.5 Å². The highest BCUT2D eigenvalue weighted by atomic mass is 16.4. The number of carboxylic acids is 1. The van der Waals surface area contributed by atoms with Crippen LogP contribution in [-0.2, 0) is 14.4 Å². The molecule has 3 atom stereocenters. The minimum absolute atomic E-state index is 0.152. The van der Waals surface area contributed by atoms with Gasteiger partial charge in [0.25, 0.3) is 0 Å². The number of aliphatic carboxylic acids is 1. The molecule has 0 rings (SSSR count). The first kappa shape index (κ1) is 17.6. The van der Waals surface area contributed by atoms with Gasteiger partial charge in [0.2, 0.25) is 5.91 Å². The Bertz CT molecular complexity index is 304. The van der Waals surface area contributed by atoms with E-state index < -0.39 is 12.0 Å². The summed E-state index contributed by atoms with van der Waals surface area (Å²) in [5.74, 6) is -1.22. The second-order valence-corrected chi connectivity index (χ2v) is 4.98. The van der Waals surface area contributed by atoms with Crippen molar-refractivity contribution in [2.45, 2.75) is 58.9 Å². The van der Waals surface area contributed by atoms with Crippen LogP contribution < -0.4 is 5.32 Å². The van der Waals surface area contributed by atoms with Gasteiger partial charge in [-0.1, -0.05) is 40.0 Å². The van der Waals surface area contributed by atoms with Crippen molar-refractivity contribution in [1.29, 1.82) is 0 Å². The predicted molar refractivity (Wildman–Crippen MR) is 72.7 cm³/mol. The van der Waals surface area contributed by atoms with Crippen LogP contribution in [0.3, 0.4) is 0 Å². The lowest BCUT2D eigenvalue weighted by molar-refractivity contribution is -0.139. The molecule has 0 fully saturated rings. The SMILES string of the molecule is CCCC[C@@H](C(=O)NC(C=O)CC(=O)O)C(C)CC. The van der Waals surface area contributed by atoms with E-state index in [4.69, 9.17) is 5.11 Å². The molecule has 2 N–H and O–H groups in total. The lowest BCUT2D eigenvalue weighted by Crippen LogP contribution is -2.42. The molecule has 2 unspecified atom stereocenters. The molecule has 0 aliphatic heterocycles. The maximum absolute atomic E-state index is 12.1. The van der Waals surface area contributed by atoms with E-state index in [0.717, 1.165) is 25.7 Å². The molecule has 0 aromatic carbocycles. The van der Waals surface area contributed by atoms with Gasteiger partial charge in [-0.2, -0.15) is 0 Å². The van der Waals surface area contributed by atoms with E-state index >= 15 is 0 Å². The summed E-state index contributed by atoms with van der Waals surface area (Å²) >= 11 is 0. The zero-order valence-corrected chi connectivity index (χ0v) is 12.0. The summed E-state index contributed by atoms with van der Waals surface area (Å²) in [7, 11) is 0. The highest BCUT2D eigenvalue weighted by molar-refractivity contribution is 5.84. The van der Waals surface area contributed by atoms with Gasteiger partial charge in [-0.25, -0.2) is 0 Å². The van der Waals surface area contributed by atoms with Gasteiger partial charge in [0.05, 0.1) is 12.5 Å². The van der Waals surface area contributed by atoms with Gasteiger partial charge >= 0.3 is 5.97 Å². The summed E-state index contributed by atoms with van der Waals surface area (Å²) in [4.78, 5) is 33.5. The quantitative estimate of drug-likeness (QED) is 0.595. The van der Waals surface area contributed by atoms with Gasteiger partial charge in [-0.05, 0) is 12.3 Å². The van der Waals surface area contributed by atoms with Crippen LogP contribution >= 0.6 is 0 Å². The van der Waals surface area contributed by atoms with Crippen LogP contribution in [0.5, 0.6) is 0 Å². The van der Waals surface area contributed by atoms with E-state index in [0.29, 0.717) is 6.29 Å². The predicted octanol–water partition coefficient (Wildman–Crippen LogP) is 2.00. The molecular weight excluding hydrogens is 246 g/mol. The van der Waals surface area contributed by atoms with Crippen molar-refractivity contribution in [3.05, 3.63) is 0 Å². The first-order valence-electron chi connectivity index (χ1n) is 6.93. The Hall–Kier alpha value is -1.39. The Kier molecular flexibility index (Phi) is 8.83. The van der Waals surface area contributed by atoms with E-state index in [1.807, 2.05) is 13.8 Å². The van der Waals surface area contributed by atoms with Crippen LogP contribution in [0.1, 0.15) is 52.9 Å². The highest BCUT2D eigenvalue weighted by Crippen LogP contribution is 2.21. The van der Waals surface area contributed by atoms with Crippen LogP contribution in [0.15, 0.2) is 0 Å². The van der Waals surface area contributed by atoms with Crippen molar-refractivity contribution < 1.29 is 19.5 Å². The number of unbranched alkanes of at least 4 members (excludes halogenated alkanes) is 1. The average Bonchev–Trinajstić information content (AvgIpc) is 2.37. The molecule has 0 aliphatic carbocycles. The molecule has 0 radical (unpaired) electrons. The van der Waals surface area contributed by atoms with E-state index in [9.17, 15) is 14.4 Å². The van der Waals surface area contributed by atoms with Crippen molar-refractivity contribution in [3.63, 3.8) is 0 Å². The van der Waals surface area contributed by atoms with Crippen molar-refractivity contribution in [1.82, 2.24) is 5.32 Å². The third-order valence-electron chi connectivity index (χ3n) is 3.42. The average molecular weight is 271 g/mol. The first-order chi connectivity index (χ1) is 8.96. The number of amides is 1. The molecule has 0 saturated heterocycles. The van der Waals surface area contributed by atoms with Crippen molar-refractivity contribution in [2.75, 3.05) is 0 Å². The zero-order chi connectivity index (χ0) is 14.8. The van der Waals surface area contributed by atoms with E-state index in [-0.39, 0.29) is 24.2 Å². The normalized spacial score (nSPS) is 15.3. The van der Waals surface area contributed by atoms with Gasteiger partial charge in [-0.15, -0.1) is 0 Å². The van der Waals surface area contributed by atoms with Crippen LogP contribution in [0.25, 0.3) is 0 Å². The number of carboxylic acid groups (broad SMARTS) is 1. The summed E-state index contributed by atoms with van der Waals surface area (Å²) in [6, 6.07) is -0.932. The molecular formula is C14H25NO4. The summed E-state index contributed by atoms with van der Waals surface area (Å²) in [6.07, 6.45) is 3.73. The second-order valence-electron chi connectivity index (χ2n) is 4.98. The number of carbonyl (C=O) groups is 3. The third kappa shape index (κ3) is 6.94. The molecule has 5 heteroatoms. The maximum atomic E-state index is 12.1. The lowest BCUT2D eigenvalue weighted by atomic mass is 9.86. The summed E-state index contributed by atoms with van der Waals surface area (Å²) < 4.78 is 0. The van der Waals surface area contributed by atoms with Crippen molar-refractivity contribution in [3.8, 4) is 0 Å². The fourth-order valence-corrected chi connectivity index (χ4v) is 1.99. The molecule has 1 amide bonds. The molecule has 5 nitrogen and oxygen atoms in total. The number of carbonyl (C=O) groups excluding carboxylic acids is 2. The summed E-state index contributed by atoms with van der Waals surface area (Å²) in [5.41, 5.74) is 0. The Morgan fingerprint density at radius 1 is 1.32 bits per heavy atom. The molecule has 0 bridgehead atoms. The maximum Gasteiger partial charge on any atom is 0.305 e. The van der Waals surface area contributed by atoms with Gasteiger partial charge in [-0.3, -0.25) is 9.59 Å². The highest BCUT2D eigenvalue weighted by Gasteiger charge is 2.25. The molecule has 0 aliphatic rings. The number of rotatable bonds is 10. The molecule has 0 heterocycles. The lowest BCUT2D eigenvalue weighted by Gasteiger charge is -2.23. The summed E-state index contributed by atoms with van der Waals surface area (Å²) in [5, 5.41) is 11.2. The van der Waals surface area contributed by atoms with Crippen LogP contribution in [0.2, 0.25) is 0 Å². The Morgan fingerprint density at radius 2 is 1.95 bits per heavy atom. The smallest absolute Gasteiger partial charge is 0.305 e. The molecule has 0 spiro atoms. The van der Waals surface area contributed by atoms with Crippen LogP contribution in [-0.4, -0.2) is 29.3 Å².